The Kier molecular flexibility index (Phi) is 6.93. The summed E-state index contributed by atoms with van der Waals surface area (Å²) in [5, 5.41) is 6.73. The van der Waals surface area contributed by atoms with E-state index < -0.39 is 0 Å². The molecule has 6 heteroatoms. The van der Waals surface area contributed by atoms with Crippen molar-refractivity contribution >= 4 is 28.9 Å². The lowest BCUT2D eigenvalue weighted by atomic mass is 9.94. The van der Waals surface area contributed by atoms with Gasteiger partial charge in [-0.05, 0) is 58.7 Å². The molecule has 1 atom stereocenters. The third-order valence-electron chi connectivity index (χ3n) is 4.90. The van der Waals surface area contributed by atoms with E-state index in [0.29, 0.717) is 0 Å². The molecule has 2 saturated heterocycles. The number of thiazole rings is 1. The summed E-state index contributed by atoms with van der Waals surface area (Å²) in [5.74, 6) is 0.850. The monoisotopic (exact) mass is 344 g/mol. The zero-order valence-corrected chi connectivity index (χ0v) is 15.4. The normalized spacial score (nSPS) is 24.3. The molecule has 2 aliphatic rings. The number of aromatic nitrogens is 1. The van der Waals surface area contributed by atoms with E-state index in [9.17, 15) is 0 Å². The molecule has 4 nitrogen and oxygen atoms in total. The largest absolute Gasteiger partial charge is 0.348 e. The summed E-state index contributed by atoms with van der Waals surface area (Å²) in [7, 11) is 2.08. The summed E-state index contributed by atoms with van der Waals surface area (Å²) in [6, 6.07) is 0.793. The molecule has 3 rings (SSSR count). The number of likely N-dealkylation sites (tertiary alicyclic amines) is 1. The Morgan fingerprint density at radius 1 is 1.27 bits per heavy atom. The Balaban J connectivity index is 0.00000176. The highest BCUT2D eigenvalue weighted by Gasteiger charge is 2.29. The molecule has 0 bridgehead atoms. The zero-order chi connectivity index (χ0) is 14.7. The van der Waals surface area contributed by atoms with Gasteiger partial charge in [0.2, 0.25) is 0 Å². The lowest BCUT2D eigenvalue weighted by Crippen LogP contribution is -2.49. The minimum Gasteiger partial charge on any atom is -0.348 e. The SMILES string of the molecule is CNCC1CCCN(C2CCN(c3nc(C)cs3)CC2)C1.Cl. The summed E-state index contributed by atoms with van der Waals surface area (Å²) in [5.41, 5.74) is 1.16. The molecule has 126 valence electrons. The Hall–Kier alpha value is -0.360. The van der Waals surface area contributed by atoms with E-state index in [2.05, 4.69) is 39.5 Å². The average molecular weight is 345 g/mol. The van der Waals surface area contributed by atoms with E-state index in [4.69, 9.17) is 0 Å². The lowest BCUT2D eigenvalue weighted by molar-refractivity contribution is 0.107. The Morgan fingerprint density at radius 2 is 2.05 bits per heavy atom. The summed E-state index contributed by atoms with van der Waals surface area (Å²) in [4.78, 5) is 9.87. The van der Waals surface area contributed by atoms with Gasteiger partial charge in [0.15, 0.2) is 5.13 Å². The van der Waals surface area contributed by atoms with Gasteiger partial charge in [-0.25, -0.2) is 4.98 Å². The fraction of sp³-hybridized carbons (Fsp3) is 0.812. The molecule has 3 heterocycles. The van der Waals surface area contributed by atoms with E-state index >= 15 is 0 Å². The van der Waals surface area contributed by atoms with E-state index in [1.807, 2.05) is 0 Å². The maximum absolute atomic E-state index is 4.63. The molecule has 1 aromatic rings. The van der Waals surface area contributed by atoms with Crippen LogP contribution in [0.2, 0.25) is 0 Å². The van der Waals surface area contributed by atoms with E-state index in [0.717, 1.165) is 17.7 Å². The maximum atomic E-state index is 4.63. The van der Waals surface area contributed by atoms with Crippen LogP contribution in [0.5, 0.6) is 0 Å². The van der Waals surface area contributed by atoms with Crippen LogP contribution < -0.4 is 10.2 Å². The number of halogens is 1. The van der Waals surface area contributed by atoms with Gasteiger partial charge < -0.3 is 10.2 Å². The Morgan fingerprint density at radius 3 is 2.68 bits per heavy atom. The summed E-state index contributed by atoms with van der Waals surface area (Å²) in [6.07, 6.45) is 5.36. The molecule has 2 fully saturated rings. The van der Waals surface area contributed by atoms with Crippen molar-refractivity contribution in [1.82, 2.24) is 15.2 Å². The second-order valence-electron chi connectivity index (χ2n) is 6.55. The van der Waals surface area contributed by atoms with Crippen LogP contribution in [0.4, 0.5) is 5.13 Å². The van der Waals surface area contributed by atoms with Crippen LogP contribution in [0.25, 0.3) is 0 Å². The van der Waals surface area contributed by atoms with E-state index in [1.165, 1.54) is 63.5 Å². The summed E-state index contributed by atoms with van der Waals surface area (Å²) < 4.78 is 0. The van der Waals surface area contributed by atoms with Gasteiger partial charge in [-0.15, -0.1) is 23.7 Å². The molecule has 1 unspecified atom stereocenters. The molecule has 0 radical (unpaired) electrons. The highest BCUT2D eigenvalue weighted by molar-refractivity contribution is 7.13. The number of hydrogen-bond donors (Lipinski definition) is 1. The van der Waals surface area contributed by atoms with Crippen LogP contribution in [0.1, 0.15) is 31.4 Å². The fourth-order valence-corrected chi connectivity index (χ4v) is 4.65. The molecule has 0 spiro atoms. The smallest absolute Gasteiger partial charge is 0.185 e. The molecule has 0 amide bonds. The van der Waals surface area contributed by atoms with Crippen molar-refractivity contribution in [2.24, 2.45) is 5.92 Å². The van der Waals surface area contributed by atoms with Crippen LogP contribution >= 0.6 is 23.7 Å². The topological polar surface area (TPSA) is 31.4 Å². The van der Waals surface area contributed by atoms with Crippen molar-refractivity contribution in [3.63, 3.8) is 0 Å². The van der Waals surface area contributed by atoms with Crippen molar-refractivity contribution in [3.05, 3.63) is 11.1 Å². The second kappa shape index (κ2) is 8.48. The molecule has 22 heavy (non-hydrogen) atoms. The molecule has 2 aliphatic heterocycles. The van der Waals surface area contributed by atoms with Crippen LogP contribution in [0.3, 0.4) is 0 Å². The van der Waals surface area contributed by atoms with E-state index in [1.54, 1.807) is 11.3 Å². The Labute approximate surface area is 144 Å². The second-order valence-corrected chi connectivity index (χ2v) is 7.39. The van der Waals surface area contributed by atoms with Gasteiger partial charge in [-0.3, -0.25) is 4.90 Å². The average Bonchev–Trinajstić information content (AvgIpc) is 2.95. The molecular weight excluding hydrogens is 316 g/mol. The molecule has 1 N–H and O–H groups in total. The van der Waals surface area contributed by atoms with Crippen molar-refractivity contribution in [3.8, 4) is 0 Å². The molecule has 1 aromatic heterocycles. The minimum atomic E-state index is 0. The first-order chi connectivity index (χ1) is 10.3. The molecule has 0 aromatic carbocycles. The van der Waals surface area contributed by atoms with Crippen LogP contribution in [-0.2, 0) is 0 Å². The van der Waals surface area contributed by atoms with Gasteiger partial charge in [0.1, 0.15) is 0 Å². The zero-order valence-electron chi connectivity index (χ0n) is 13.8. The summed E-state index contributed by atoms with van der Waals surface area (Å²) in [6.45, 7) is 8.20. The quantitative estimate of drug-likeness (QED) is 0.910. The first kappa shape index (κ1) is 18.0. The van der Waals surface area contributed by atoms with Crippen molar-refractivity contribution in [1.29, 1.82) is 0 Å². The van der Waals surface area contributed by atoms with Crippen molar-refractivity contribution in [2.75, 3.05) is 44.7 Å². The van der Waals surface area contributed by atoms with Gasteiger partial charge >= 0.3 is 0 Å². The third kappa shape index (κ3) is 4.34. The first-order valence-electron chi connectivity index (χ1n) is 8.32. The lowest BCUT2D eigenvalue weighted by Gasteiger charge is -2.42. The van der Waals surface area contributed by atoms with Crippen LogP contribution in [0, 0.1) is 12.8 Å². The van der Waals surface area contributed by atoms with Gasteiger partial charge in [-0.2, -0.15) is 0 Å². The van der Waals surface area contributed by atoms with Gasteiger partial charge in [0.05, 0.1) is 5.69 Å². The molecule has 0 saturated carbocycles. The first-order valence-corrected chi connectivity index (χ1v) is 9.20. The van der Waals surface area contributed by atoms with Gasteiger partial charge in [0.25, 0.3) is 0 Å². The third-order valence-corrected chi connectivity index (χ3v) is 5.92. The van der Waals surface area contributed by atoms with Crippen molar-refractivity contribution < 1.29 is 0 Å². The fourth-order valence-electron chi connectivity index (χ4n) is 3.79. The highest BCUT2D eigenvalue weighted by atomic mass is 35.5. The predicted octanol–water partition coefficient (Wildman–Crippen LogP) is 2.77. The number of anilines is 1. The maximum Gasteiger partial charge on any atom is 0.185 e. The predicted molar refractivity (Wildman–Crippen MR) is 97.6 cm³/mol. The number of hydrogen-bond acceptors (Lipinski definition) is 5. The van der Waals surface area contributed by atoms with Gasteiger partial charge in [-0.1, -0.05) is 0 Å². The Bertz CT molecular complexity index is 443. The molecule has 0 aliphatic carbocycles. The number of aryl methyl sites for hydroxylation is 1. The van der Waals surface area contributed by atoms with Gasteiger partial charge in [0, 0.05) is 31.1 Å². The standard InChI is InChI=1S/C16H28N4S.ClH/c1-13-12-21-16(18-13)19-8-5-15(6-9-19)20-7-3-4-14(11-20)10-17-2;/h12,14-15,17H,3-11H2,1-2H3;1H. The number of rotatable bonds is 4. The van der Waals surface area contributed by atoms with Crippen LogP contribution in [-0.4, -0.2) is 55.7 Å². The summed E-state index contributed by atoms with van der Waals surface area (Å²) >= 11 is 1.79. The van der Waals surface area contributed by atoms with E-state index in [-0.39, 0.29) is 12.4 Å². The number of nitrogens with one attached hydrogen (secondary N) is 1. The number of piperidine rings is 2. The van der Waals surface area contributed by atoms with Crippen molar-refractivity contribution in [2.45, 2.75) is 38.6 Å². The molecular formula is C16H29ClN4S. The minimum absolute atomic E-state index is 0. The highest BCUT2D eigenvalue weighted by Crippen LogP contribution is 2.27. The van der Waals surface area contributed by atoms with Crippen LogP contribution in [0.15, 0.2) is 5.38 Å². The number of nitrogens with zero attached hydrogens (tertiary/aromatic N) is 3.